The van der Waals surface area contributed by atoms with Gasteiger partial charge in [-0.2, -0.15) is 0 Å². The van der Waals surface area contributed by atoms with Crippen LogP contribution in [0.2, 0.25) is 0 Å². The lowest BCUT2D eigenvalue weighted by atomic mass is 10.0. The molecular formula is C13H9BrN2O2. The van der Waals surface area contributed by atoms with Gasteiger partial charge in [-0.15, -0.1) is 0 Å². The van der Waals surface area contributed by atoms with E-state index in [1.165, 1.54) is 0 Å². The van der Waals surface area contributed by atoms with Crippen molar-refractivity contribution in [3.8, 4) is 22.6 Å². The summed E-state index contributed by atoms with van der Waals surface area (Å²) in [5.41, 5.74) is 8.13. The van der Waals surface area contributed by atoms with Gasteiger partial charge < -0.3 is 14.7 Å². The second-order valence-electron chi connectivity index (χ2n) is 3.74. The van der Waals surface area contributed by atoms with Crippen LogP contribution in [0.4, 0.5) is 5.88 Å². The number of furan rings is 1. The van der Waals surface area contributed by atoms with Gasteiger partial charge in [0.2, 0.25) is 5.88 Å². The fourth-order valence-electron chi connectivity index (χ4n) is 1.80. The first-order valence-corrected chi connectivity index (χ1v) is 6.11. The van der Waals surface area contributed by atoms with Crippen molar-refractivity contribution in [2.75, 3.05) is 5.73 Å². The number of benzene rings is 1. The molecular weight excluding hydrogens is 296 g/mol. The number of aromatic nitrogens is 1. The normalized spacial score (nSPS) is 10.7. The molecule has 18 heavy (non-hydrogen) atoms. The van der Waals surface area contributed by atoms with Crippen molar-refractivity contribution in [1.82, 2.24) is 5.16 Å². The van der Waals surface area contributed by atoms with Gasteiger partial charge in [-0.1, -0.05) is 35.5 Å². The highest BCUT2D eigenvalue weighted by molar-refractivity contribution is 9.10. The second kappa shape index (κ2) is 4.34. The number of nitrogens with zero attached hydrogens (tertiary/aromatic N) is 1. The zero-order chi connectivity index (χ0) is 12.5. The van der Waals surface area contributed by atoms with Gasteiger partial charge in [-0.3, -0.25) is 0 Å². The van der Waals surface area contributed by atoms with Crippen molar-refractivity contribution in [3.63, 3.8) is 0 Å². The lowest BCUT2D eigenvalue weighted by Gasteiger charge is -1.99. The Morgan fingerprint density at radius 2 is 1.83 bits per heavy atom. The van der Waals surface area contributed by atoms with Crippen LogP contribution in [0.5, 0.6) is 0 Å². The van der Waals surface area contributed by atoms with Gasteiger partial charge in [0.05, 0.1) is 5.56 Å². The van der Waals surface area contributed by atoms with Crippen LogP contribution in [0.25, 0.3) is 22.6 Å². The minimum absolute atomic E-state index is 0.281. The number of anilines is 1. The van der Waals surface area contributed by atoms with Gasteiger partial charge in [-0.05, 0) is 33.6 Å². The Morgan fingerprint density at radius 1 is 1.06 bits per heavy atom. The van der Waals surface area contributed by atoms with E-state index in [4.69, 9.17) is 14.7 Å². The average Bonchev–Trinajstić information content (AvgIpc) is 2.96. The molecule has 4 nitrogen and oxygen atoms in total. The first-order chi connectivity index (χ1) is 8.75. The van der Waals surface area contributed by atoms with Gasteiger partial charge in [0.25, 0.3) is 0 Å². The molecule has 90 valence electrons. The summed E-state index contributed by atoms with van der Waals surface area (Å²) in [5, 5.41) is 3.96. The number of halogens is 1. The molecule has 0 aliphatic heterocycles. The van der Waals surface area contributed by atoms with Crippen LogP contribution in [-0.2, 0) is 0 Å². The van der Waals surface area contributed by atoms with E-state index in [1.54, 1.807) is 6.07 Å². The molecule has 1 aromatic carbocycles. The highest BCUT2D eigenvalue weighted by Crippen LogP contribution is 2.37. The molecule has 5 heteroatoms. The number of hydrogen-bond donors (Lipinski definition) is 1. The summed E-state index contributed by atoms with van der Waals surface area (Å²) in [6, 6.07) is 13.3. The minimum Gasteiger partial charge on any atom is -0.448 e. The highest BCUT2D eigenvalue weighted by atomic mass is 79.9. The molecule has 0 bridgehead atoms. The van der Waals surface area contributed by atoms with Crippen molar-refractivity contribution in [3.05, 3.63) is 47.1 Å². The van der Waals surface area contributed by atoms with E-state index >= 15 is 0 Å². The molecule has 0 saturated heterocycles. The van der Waals surface area contributed by atoms with Crippen LogP contribution < -0.4 is 5.73 Å². The Balaban J connectivity index is 2.18. The summed E-state index contributed by atoms with van der Waals surface area (Å²) in [4.78, 5) is 0. The first kappa shape index (κ1) is 11.1. The van der Waals surface area contributed by atoms with Crippen molar-refractivity contribution in [1.29, 1.82) is 0 Å². The molecule has 0 amide bonds. The van der Waals surface area contributed by atoms with Crippen LogP contribution in [0.3, 0.4) is 0 Å². The summed E-state index contributed by atoms with van der Waals surface area (Å²) in [6.07, 6.45) is 0. The third kappa shape index (κ3) is 1.82. The SMILES string of the molecule is Nc1onc(-c2ccc(Br)o2)c1-c1ccccc1. The van der Waals surface area contributed by atoms with E-state index in [9.17, 15) is 0 Å². The largest absolute Gasteiger partial charge is 0.448 e. The Morgan fingerprint density at radius 3 is 2.50 bits per heavy atom. The third-order valence-electron chi connectivity index (χ3n) is 2.59. The molecule has 0 unspecified atom stereocenters. The van der Waals surface area contributed by atoms with Crippen molar-refractivity contribution in [2.24, 2.45) is 0 Å². The Kier molecular flexibility index (Phi) is 2.68. The summed E-state index contributed by atoms with van der Waals surface area (Å²) in [7, 11) is 0. The van der Waals surface area contributed by atoms with E-state index in [1.807, 2.05) is 36.4 Å². The van der Waals surface area contributed by atoms with Crippen molar-refractivity contribution in [2.45, 2.75) is 0 Å². The molecule has 0 radical (unpaired) electrons. The summed E-state index contributed by atoms with van der Waals surface area (Å²) < 4.78 is 11.2. The molecule has 3 rings (SSSR count). The van der Waals surface area contributed by atoms with Crippen LogP contribution in [0.1, 0.15) is 0 Å². The van der Waals surface area contributed by atoms with Crippen molar-refractivity contribution < 1.29 is 8.94 Å². The molecule has 2 aromatic heterocycles. The minimum atomic E-state index is 0.281. The molecule has 0 saturated carbocycles. The van der Waals surface area contributed by atoms with Crippen LogP contribution in [-0.4, -0.2) is 5.16 Å². The van der Waals surface area contributed by atoms with Crippen molar-refractivity contribution >= 4 is 21.8 Å². The third-order valence-corrected chi connectivity index (χ3v) is 3.01. The predicted molar refractivity (Wildman–Crippen MR) is 71.8 cm³/mol. The zero-order valence-corrected chi connectivity index (χ0v) is 10.8. The van der Waals surface area contributed by atoms with Gasteiger partial charge >= 0.3 is 0 Å². The lowest BCUT2D eigenvalue weighted by molar-refractivity contribution is 0.435. The standard InChI is InChI=1S/C13H9BrN2O2/c14-10-7-6-9(17-10)12-11(13(15)18-16-12)8-4-2-1-3-5-8/h1-7H,15H2. The fourth-order valence-corrected chi connectivity index (χ4v) is 2.10. The summed E-state index contributed by atoms with van der Waals surface area (Å²) in [6.45, 7) is 0. The molecule has 0 atom stereocenters. The Hall–Kier alpha value is -2.01. The maximum Gasteiger partial charge on any atom is 0.230 e. The number of hydrogen-bond acceptors (Lipinski definition) is 4. The molecule has 2 N–H and O–H groups in total. The molecule has 0 aliphatic rings. The highest BCUT2D eigenvalue weighted by Gasteiger charge is 2.19. The number of nitrogens with two attached hydrogens (primary N) is 1. The first-order valence-electron chi connectivity index (χ1n) is 5.32. The van der Waals surface area contributed by atoms with E-state index in [2.05, 4.69) is 21.1 Å². The van der Waals surface area contributed by atoms with Gasteiger partial charge in [0.15, 0.2) is 16.1 Å². The number of nitrogen functional groups attached to an aromatic ring is 1. The van der Waals surface area contributed by atoms with E-state index in [-0.39, 0.29) is 5.88 Å². The Bertz CT molecular complexity index is 673. The maximum absolute atomic E-state index is 5.83. The second-order valence-corrected chi connectivity index (χ2v) is 4.52. The summed E-state index contributed by atoms with van der Waals surface area (Å²) in [5.74, 6) is 0.893. The molecule has 0 fully saturated rings. The molecule has 2 heterocycles. The molecule has 0 aliphatic carbocycles. The molecule has 3 aromatic rings. The Labute approximate surface area is 112 Å². The van der Waals surface area contributed by atoms with Gasteiger partial charge in [0, 0.05) is 0 Å². The quantitative estimate of drug-likeness (QED) is 0.778. The maximum atomic E-state index is 5.83. The topological polar surface area (TPSA) is 65.2 Å². The fraction of sp³-hybridized carbons (Fsp3) is 0. The van der Waals surface area contributed by atoms with Crippen LogP contribution >= 0.6 is 15.9 Å². The lowest BCUT2D eigenvalue weighted by Crippen LogP contribution is -1.86. The smallest absolute Gasteiger partial charge is 0.230 e. The predicted octanol–water partition coefficient (Wildman–Crippen LogP) is 3.95. The van der Waals surface area contributed by atoms with Gasteiger partial charge in [0.1, 0.15) is 0 Å². The molecule has 0 spiro atoms. The monoisotopic (exact) mass is 304 g/mol. The van der Waals surface area contributed by atoms with Crippen LogP contribution in [0.15, 0.2) is 56.1 Å². The average molecular weight is 305 g/mol. The zero-order valence-electron chi connectivity index (χ0n) is 9.26. The van der Waals surface area contributed by atoms with Crippen LogP contribution in [0, 0.1) is 0 Å². The number of rotatable bonds is 2. The van der Waals surface area contributed by atoms with Gasteiger partial charge in [-0.25, -0.2) is 0 Å². The van der Waals surface area contributed by atoms with E-state index in [0.717, 1.165) is 11.1 Å². The summed E-state index contributed by atoms with van der Waals surface area (Å²) >= 11 is 3.26. The van der Waals surface area contributed by atoms with E-state index in [0.29, 0.717) is 16.1 Å². The van der Waals surface area contributed by atoms with E-state index < -0.39 is 0 Å².